The van der Waals surface area contributed by atoms with Gasteiger partial charge in [-0.2, -0.15) is 0 Å². The summed E-state index contributed by atoms with van der Waals surface area (Å²) < 4.78 is 13.4. The average molecular weight is 481 g/mol. The fraction of sp³-hybridized carbons (Fsp3) is 0.714. The highest BCUT2D eigenvalue weighted by Gasteiger charge is 2.21. The van der Waals surface area contributed by atoms with E-state index in [4.69, 9.17) is 0 Å². The summed E-state index contributed by atoms with van der Waals surface area (Å²) in [5.74, 6) is -1.65. The Morgan fingerprint density at radius 2 is 0.667 bits per heavy atom. The van der Waals surface area contributed by atoms with Gasteiger partial charge in [0, 0.05) is 43.3 Å². The van der Waals surface area contributed by atoms with Gasteiger partial charge in [-0.05, 0) is 20.8 Å². The lowest BCUT2D eigenvalue weighted by Gasteiger charge is -2.20. The van der Waals surface area contributed by atoms with Crippen LogP contribution in [0.2, 0.25) is 0 Å². The maximum absolute atomic E-state index is 10.8. The SMILES string of the molecule is COC(=O)C(C)N(C)C(C)=O.COC(=O)[C@@H](C)N(C)C(C)=O.COC(=O)[C@H](C)N(C)C(C)=O.[2HH]. The first-order chi connectivity index (χ1) is 15.0. The standard InChI is InChI=1S/3C7H13NO3.H2/c3*1-5(7(10)11-4)8(3)6(2)9;/h3*5H,1-4H3;1H/t2*5-;;/m10../s1/i;;;1+1. The Hall–Kier alpha value is -3.18. The Kier molecular flexibility index (Phi) is 18.1. The maximum atomic E-state index is 10.8. The van der Waals surface area contributed by atoms with Gasteiger partial charge in [0.1, 0.15) is 18.1 Å². The molecule has 1 unspecified atom stereocenters. The van der Waals surface area contributed by atoms with Crippen molar-refractivity contribution in [3.05, 3.63) is 0 Å². The molecule has 3 atom stereocenters. The smallest absolute Gasteiger partial charge is 0.328 e. The van der Waals surface area contributed by atoms with Crippen LogP contribution in [0.15, 0.2) is 0 Å². The van der Waals surface area contributed by atoms with E-state index in [1.807, 2.05) is 0 Å². The van der Waals surface area contributed by atoms with E-state index in [-0.39, 0.29) is 19.1 Å². The zero-order chi connectivity index (χ0) is 27.0. The van der Waals surface area contributed by atoms with Gasteiger partial charge in [0.15, 0.2) is 0 Å². The quantitative estimate of drug-likeness (QED) is 0.388. The molecule has 0 fully saturated rings. The monoisotopic (exact) mass is 480 g/mol. The number of carbonyl (C=O) groups is 6. The van der Waals surface area contributed by atoms with Crippen LogP contribution in [-0.4, -0.2) is 111 Å². The van der Waals surface area contributed by atoms with Crippen LogP contribution >= 0.6 is 0 Å². The highest BCUT2D eigenvalue weighted by atomic mass is 16.5. The van der Waals surface area contributed by atoms with E-state index >= 15 is 0 Å². The Morgan fingerprint density at radius 1 is 0.515 bits per heavy atom. The van der Waals surface area contributed by atoms with Crippen LogP contribution in [0.25, 0.3) is 0 Å². The number of methoxy groups -OCH3 is 3. The molecule has 0 aromatic rings. The largest absolute Gasteiger partial charge is 0.467 e. The van der Waals surface area contributed by atoms with E-state index in [0.29, 0.717) is 0 Å². The Balaban J connectivity index is -0.000000196. The number of amides is 3. The molecule has 3 amide bonds. The molecule has 0 aliphatic heterocycles. The van der Waals surface area contributed by atoms with E-state index in [1.54, 1.807) is 41.9 Å². The molecule has 12 heteroatoms. The van der Waals surface area contributed by atoms with Gasteiger partial charge in [-0.15, -0.1) is 0 Å². The second-order valence-corrected chi connectivity index (χ2v) is 6.99. The van der Waals surface area contributed by atoms with Crippen molar-refractivity contribution in [1.82, 2.24) is 14.7 Å². The molecule has 0 aliphatic carbocycles. The van der Waals surface area contributed by atoms with Crippen molar-refractivity contribution in [2.45, 2.75) is 59.7 Å². The molecule has 0 aromatic heterocycles. The van der Waals surface area contributed by atoms with Crippen LogP contribution < -0.4 is 0 Å². The van der Waals surface area contributed by atoms with Crippen molar-refractivity contribution in [1.29, 1.82) is 0 Å². The van der Waals surface area contributed by atoms with Crippen molar-refractivity contribution in [3.63, 3.8) is 0 Å². The number of likely N-dealkylation sites (N-methyl/N-ethyl adjacent to an activating group) is 3. The molecular formula is C21H41N3O9. The average Bonchev–Trinajstić information content (AvgIpc) is 2.79. The molecule has 0 spiro atoms. The lowest BCUT2D eigenvalue weighted by atomic mass is 10.3. The molecule has 0 saturated carbocycles. The number of esters is 3. The van der Waals surface area contributed by atoms with Crippen LogP contribution in [0.1, 0.15) is 43.0 Å². The maximum Gasteiger partial charge on any atom is 0.328 e. The lowest BCUT2D eigenvalue weighted by Crippen LogP contribution is -2.39. The normalized spacial score (nSPS) is 12.0. The third-order valence-electron chi connectivity index (χ3n) is 4.86. The predicted molar refractivity (Wildman–Crippen MR) is 122 cm³/mol. The number of rotatable bonds is 6. The van der Waals surface area contributed by atoms with Crippen LogP contribution in [-0.2, 0) is 43.0 Å². The zero-order valence-corrected chi connectivity index (χ0v) is 21.7. The number of hydrogen-bond acceptors (Lipinski definition) is 9. The highest BCUT2D eigenvalue weighted by Crippen LogP contribution is 1.98. The van der Waals surface area contributed by atoms with E-state index in [1.165, 1.54) is 56.8 Å². The molecule has 0 bridgehead atoms. The van der Waals surface area contributed by atoms with Crippen molar-refractivity contribution in [2.24, 2.45) is 0 Å². The minimum absolute atomic E-state index is 0. The summed E-state index contributed by atoms with van der Waals surface area (Å²) >= 11 is 0. The summed E-state index contributed by atoms with van der Waals surface area (Å²) in [4.78, 5) is 68.7. The molecule has 0 aliphatic rings. The van der Waals surface area contributed by atoms with Gasteiger partial charge in [-0.25, -0.2) is 14.4 Å². The van der Waals surface area contributed by atoms with Crippen LogP contribution in [0.3, 0.4) is 0 Å². The molecule has 0 heterocycles. The summed E-state index contributed by atoms with van der Waals surface area (Å²) in [6, 6.07) is -1.51. The Labute approximate surface area is 197 Å². The van der Waals surface area contributed by atoms with Gasteiger partial charge < -0.3 is 28.9 Å². The van der Waals surface area contributed by atoms with Gasteiger partial charge in [0.2, 0.25) is 17.7 Å². The van der Waals surface area contributed by atoms with Crippen molar-refractivity contribution in [3.8, 4) is 0 Å². The number of nitrogens with zero attached hydrogens (tertiary/aromatic N) is 3. The molecule has 0 aromatic carbocycles. The van der Waals surface area contributed by atoms with Crippen LogP contribution in [0, 0.1) is 0 Å². The minimum Gasteiger partial charge on any atom is -0.467 e. The third kappa shape index (κ3) is 13.8. The van der Waals surface area contributed by atoms with Gasteiger partial charge in [0.25, 0.3) is 0 Å². The molecular weight excluding hydrogens is 438 g/mol. The molecule has 0 radical (unpaired) electrons. The fourth-order valence-corrected chi connectivity index (χ4v) is 1.80. The number of hydrogen-bond donors (Lipinski definition) is 0. The molecule has 0 N–H and O–H groups in total. The van der Waals surface area contributed by atoms with Crippen molar-refractivity contribution >= 4 is 35.6 Å². The molecule has 33 heavy (non-hydrogen) atoms. The van der Waals surface area contributed by atoms with E-state index in [0.717, 1.165) is 0 Å². The summed E-state index contributed by atoms with van der Waals surface area (Å²) in [6.07, 6.45) is 0. The molecule has 194 valence electrons. The first kappa shape index (κ1) is 34.4. The van der Waals surface area contributed by atoms with E-state index in [2.05, 4.69) is 14.2 Å². The zero-order valence-electron chi connectivity index (χ0n) is 21.7. The van der Waals surface area contributed by atoms with Gasteiger partial charge in [-0.3, -0.25) is 14.4 Å². The fourth-order valence-electron chi connectivity index (χ4n) is 1.80. The topological polar surface area (TPSA) is 140 Å². The van der Waals surface area contributed by atoms with Crippen LogP contribution in [0.4, 0.5) is 0 Å². The molecule has 0 rings (SSSR count). The van der Waals surface area contributed by atoms with Crippen molar-refractivity contribution in [2.75, 3.05) is 42.5 Å². The molecule has 0 saturated heterocycles. The highest BCUT2D eigenvalue weighted by molar-refractivity contribution is 5.83. The first-order valence-corrected chi connectivity index (χ1v) is 9.95. The van der Waals surface area contributed by atoms with Crippen LogP contribution in [0.5, 0.6) is 0 Å². The first-order valence-electron chi connectivity index (χ1n) is 9.95. The van der Waals surface area contributed by atoms with Gasteiger partial charge >= 0.3 is 17.9 Å². The van der Waals surface area contributed by atoms with E-state index < -0.39 is 36.0 Å². The second kappa shape index (κ2) is 17.4. The number of carbonyl (C=O) groups excluding carboxylic acids is 6. The Bertz CT molecular complexity index is 598. The predicted octanol–water partition coefficient (Wildman–Crippen LogP) is 0.325. The summed E-state index contributed by atoms with van der Waals surface area (Å²) in [5.41, 5.74) is 0. The second-order valence-electron chi connectivity index (χ2n) is 6.99. The van der Waals surface area contributed by atoms with Gasteiger partial charge in [0.05, 0.1) is 21.3 Å². The number of ether oxygens (including phenoxy) is 3. The van der Waals surface area contributed by atoms with Crippen molar-refractivity contribution < 1.29 is 44.4 Å². The lowest BCUT2D eigenvalue weighted by molar-refractivity contribution is -0.150. The minimum atomic E-state index is -0.502. The summed E-state index contributed by atoms with van der Waals surface area (Å²) in [7, 11) is 8.57. The van der Waals surface area contributed by atoms with Gasteiger partial charge in [-0.1, -0.05) is 0 Å². The molecule has 12 nitrogen and oxygen atoms in total. The third-order valence-corrected chi connectivity index (χ3v) is 4.86. The summed E-state index contributed by atoms with van der Waals surface area (Å²) in [6.45, 7) is 9.06. The van der Waals surface area contributed by atoms with E-state index in [9.17, 15) is 28.8 Å². The Morgan fingerprint density at radius 3 is 0.758 bits per heavy atom. The summed E-state index contributed by atoms with van der Waals surface area (Å²) in [5, 5.41) is 0.